The molecule has 3 aromatic carbocycles. The maximum Gasteiger partial charge on any atom is 0.180 e. The van der Waals surface area contributed by atoms with E-state index in [0.29, 0.717) is 36.3 Å². The van der Waals surface area contributed by atoms with Crippen LogP contribution in [0.2, 0.25) is 5.02 Å². The van der Waals surface area contributed by atoms with Gasteiger partial charge in [0.1, 0.15) is 19.4 Å². The number of hydrogen-bond donors (Lipinski definition) is 2. The van der Waals surface area contributed by atoms with E-state index >= 15 is 0 Å². The zero-order chi connectivity index (χ0) is 19.8. The molecular formula is C23H24ClNO3. The quantitative estimate of drug-likeness (QED) is 0.503. The Hall–Kier alpha value is -2.53. The molecule has 5 heteroatoms. The first-order valence-electron chi connectivity index (χ1n) is 9.19. The fourth-order valence-electron chi connectivity index (χ4n) is 2.70. The Morgan fingerprint density at radius 3 is 2.00 bits per heavy atom. The SMILES string of the molecule is CC(O)NCc1cc(Cl)c(OCc2ccccc2)c(OCc2ccccc2)c1. The van der Waals surface area contributed by atoms with Crippen LogP contribution in [-0.2, 0) is 19.8 Å². The molecule has 2 N–H and O–H groups in total. The summed E-state index contributed by atoms with van der Waals surface area (Å²) in [7, 11) is 0. The Bertz CT molecular complexity index is 870. The predicted octanol–water partition coefficient (Wildman–Crippen LogP) is 4.93. The summed E-state index contributed by atoms with van der Waals surface area (Å²) in [4.78, 5) is 0. The van der Waals surface area contributed by atoms with Crippen molar-refractivity contribution in [1.29, 1.82) is 0 Å². The number of ether oxygens (including phenoxy) is 2. The lowest BCUT2D eigenvalue weighted by atomic mass is 10.2. The van der Waals surface area contributed by atoms with E-state index in [0.717, 1.165) is 16.7 Å². The molecule has 0 aliphatic heterocycles. The summed E-state index contributed by atoms with van der Waals surface area (Å²) in [6.45, 7) is 2.95. The van der Waals surface area contributed by atoms with E-state index in [2.05, 4.69) is 5.32 Å². The third kappa shape index (κ3) is 5.99. The molecule has 0 saturated carbocycles. The lowest BCUT2D eigenvalue weighted by molar-refractivity contribution is 0.154. The minimum Gasteiger partial charge on any atom is -0.485 e. The van der Waals surface area contributed by atoms with Crippen molar-refractivity contribution in [2.45, 2.75) is 32.9 Å². The van der Waals surface area contributed by atoms with Gasteiger partial charge in [-0.15, -0.1) is 0 Å². The van der Waals surface area contributed by atoms with Gasteiger partial charge in [0.05, 0.1) is 5.02 Å². The molecule has 146 valence electrons. The molecule has 0 amide bonds. The average molecular weight is 398 g/mol. The molecule has 0 saturated heterocycles. The first kappa shape index (κ1) is 20.2. The van der Waals surface area contributed by atoms with E-state index in [1.807, 2.05) is 72.8 Å². The predicted molar refractivity (Wildman–Crippen MR) is 112 cm³/mol. The van der Waals surface area contributed by atoms with Crippen LogP contribution in [0.5, 0.6) is 11.5 Å². The van der Waals surface area contributed by atoms with Gasteiger partial charge in [-0.2, -0.15) is 0 Å². The molecule has 28 heavy (non-hydrogen) atoms. The maximum atomic E-state index is 9.47. The van der Waals surface area contributed by atoms with Gasteiger partial charge in [-0.3, -0.25) is 5.32 Å². The van der Waals surface area contributed by atoms with Crippen LogP contribution in [0.3, 0.4) is 0 Å². The number of rotatable bonds is 9. The van der Waals surface area contributed by atoms with Gasteiger partial charge in [-0.25, -0.2) is 0 Å². The van der Waals surface area contributed by atoms with Crippen molar-refractivity contribution in [3.63, 3.8) is 0 Å². The van der Waals surface area contributed by atoms with Gasteiger partial charge in [0.15, 0.2) is 11.5 Å². The van der Waals surface area contributed by atoms with E-state index in [1.54, 1.807) is 6.92 Å². The van der Waals surface area contributed by atoms with E-state index in [-0.39, 0.29) is 0 Å². The molecule has 0 bridgehead atoms. The Morgan fingerprint density at radius 2 is 1.43 bits per heavy atom. The first-order chi connectivity index (χ1) is 13.6. The zero-order valence-corrected chi connectivity index (χ0v) is 16.5. The van der Waals surface area contributed by atoms with Crippen LogP contribution in [0, 0.1) is 0 Å². The van der Waals surface area contributed by atoms with Crippen LogP contribution in [0.4, 0.5) is 0 Å². The molecule has 4 nitrogen and oxygen atoms in total. The summed E-state index contributed by atoms with van der Waals surface area (Å²) in [6, 6.07) is 23.6. The second-order valence-electron chi connectivity index (χ2n) is 6.51. The molecular weight excluding hydrogens is 374 g/mol. The summed E-state index contributed by atoms with van der Waals surface area (Å²) in [5.41, 5.74) is 3.01. The molecule has 1 unspecified atom stereocenters. The van der Waals surface area contributed by atoms with Crippen LogP contribution in [0.1, 0.15) is 23.6 Å². The van der Waals surface area contributed by atoms with E-state index < -0.39 is 6.23 Å². The molecule has 0 fully saturated rings. The second-order valence-corrected chi connectivity index (χ2v) is 6.92. The van der Waals surface area contributed by atoms with Crippen molar-refractivity contribution in [3.05, 3.63) is 94.5 Å². The Labute approximate surface area is 170 Å². The summed E-state index contributed by atoms with van der Waals surface area (Å²) in [6.07, 6.45) is -0.610. The van der Waals surface area contributed by atoms with Crippen LogP contribution in [-0.4, -0.2) is 11.3 Å². The lowest BCUT2D eigenvalue weighted by Crippen LogP contribution is -2.24. The summed E-state index contributed by atoms with van der Waals surface area (Å²) < 4.78 is 12.0. The molecule has 1 atom stereocenters. The largest absolute Gasteiger partial charge is 0.485 e. The number of benzene rings is 3. The van der Waals surface area contributed by atoms with Crippen LogP contribution in [0.25, 0.3) is 0 Å². The molecule has 0 aromatic heterocycles. The van der Waals surface area contributed by atoms with Crippen molar-refractivity contribution in [2.75, 3.05) is 0 Å². The van der Waals surface area contributed by atoms with Gasteiger partial charge in [0.25, 0.3) is 0 Å². The minimum atomic E-state index is -0.610. The van der Waals surface area contributed by atoms with Gasteiger partial charge >= 0.3 is 0 Å². The first-order valence-corrected chi connectivity index (χ1v) is 9.57. The smallest absolute Gasteiger partial charge is 0.180 e. The molecule has 0 heterocycles. The van der Waals surface area contributed by atoms with Crippen molar-refractivity contribution < 1.29 is 14.6 Å². The highest BCUT2D eigenvalue weighted by molar-refractivity contribution is 6.32. The second kappa shape index (κ2) is 10.1. The van der Waals surface area contributed by atoms with Crippen LogP contribution >= 0.6 is 11.6 Å². The molecule has 0 aliphatic carbocycles. The van der Waals surface area contributed by atoms with Gasteiger partial charge in [-0.05, 0) is 35.7 Å². The van der Waals surface area contributed by atoms with Crippen molar-refractivity contribution in [3.8, 4) is 11.5 Å². The topological polar surface area (TPSA) is 50.7 Å². The monoisotopic (exact) mass is 397 g/mol. The Kier molecular flexibility index (Phi) is 7.31. The summed E-state index contributed by atoms with van der Waals surface area (Å²) >= 11 is 6.50. The number of halogens is 1. The van der Waals surface area contributed by atoms with Crippen LogP contribution < -0.4 is 14.8 Å². The minimum absolute atomic E-state index is 0.396. The van der Waals surface area contributed by atoms with E-state index in [9.17, 15) is 5.11 Å². The van der Waals surface area contributed by atoms with Crippen molar-refractivity contribution in [1.82, 2.24) is 5.32 Å². The molecule has 0 aliphatic rings. The summed E-state index contributed by atoms with van der Waals surface area (Å²) in [5.74, 6) is 1.09. The lowest BCUT2D eigenvalue weighted by Gasteiger charge is -2.17. The van der Waals surface area contributed by atoms with E-state index in [4.69, 9.17) is 21.1 Å². The van der Waals surface area contributed by atoms with Crippen LogP contribution in [0.15, 0.2) is 72.8 Å². The van der Waals surface area contributed by atoms with Gasteiger partial charge in [0, 0.05) is 6.54 Å². The third-order valence-electron chi connectivity index (χ3n) is 4.13. The zero-order valence-electron chi connectivity index (χ0n) is 15.8. The van der Waals surface area contributed by atoms with E-state index in [1.165, 1.54) is 0 Å². The highest BCUT2D eigenvalue weighted by atomic mass is 35.5. The third-order valence-corrected chi connectivity index (χ3v) is 4.41. The summed E-state index contributed by atoms with van der Waals surface area (Å²) in [5, 5.41) is 12.9. The molecule has 3 aromatic rings. The molecule has 0 radical (unpaired) electrons. The number of nitrogens with one attached hydrogen (secondary N) is 1. The molecule has 3 rings (SSSR count). The van der Waals surface area contributed by atoms with Gasteiger partial charge in [0.2, 0.25) is 0 Å². The van der Waals surface area contributed by atoms with Gasteiger partial charge in [-0.1, -0.05) is 72.3 Å². The highest BCUT2D eigenvalue weighted by Gasteiger charge is 2.14. The van der Waals surface area contributed by atoms with Crippen molar-refractivity contribution >= 4 is 11.6 Å². The number of hydrogen-bond acceptors (Lipinski definition) is 4. The Balaban J connectivity index is 1.80. The Morgan fingerprint density at radius 1 is 0.857 bits per heavy atom. The normalized spacial score (nSPS) is 11.8. The van der Waals surface area contributed by atoms with Gasteiger partial charge < -0.3 is 14.6 Å². The van der Waals surface area contributed by atoms with Crippen molar-refractivity contribution in [2.24, 2.45) is 0 Å². The average Bonchev–Trinajstić information content (AvgIpc) is 2.71. The highest BCUT2D eigenvalue weighted by Crippen LogP contribution is 2.37. The fourth-order valence-corrected chi connectivity index (χ4v) is 2.99. The molecule has 0 spiro atoms. The number of aliphatic hydroxyl groups excluding tert-OH is 1. The maximum absolute atomic E-state index is 9.47. The standard InChI is InChI=1S/C23H24ClNO3/c1-17(26)25-14-20-12-21(24)23(28-16-19-10-6-3-7-11-19)22(13-20)27-15-18-8-4-2-5-9-18/h2-13,17,25-26H,14-16H2,1H3. The fraction of sp³-hybridized carbons (Fsp3) is 0.217. The number of aliphatic hydroxyl groups is 1.